The summed E-state index contributed by atoms with van der Waals surface area (Å²) in [6.07, 6.45) is 88.0. The number of hydrogen-bond acceptors (Lipinski definition) is 6. The minimum absolute atomic E-state index is 0.0889. The lowest BCUT2D eigenvalue weighted by Crippen LogP contribution is -2.30. The summed E-state index contributed by atoms with van der Waals surface area (Å²) in [5.41, 5.74) is 0. The second-order valence-electron chi connectivity index (χ2n) is 23.1. The van der Waals surface area contributed by atoms with Crippen LogP contribution < -0.4 is 0 Å². The highest BCUT2D eigenvalue weighted by Gasteiger charge is 2.19. The number of ether oxygens (including phenoxy) is 3. The number of hydrogen-bond donors (Lipinski definition) is 0. The van der Waals surface area contributed by atoms with Gasteiger partial charge in [-0.15, -0.1) is 0 Å². The van der Waals surface area contributed by atoms with Crippen LogP contribution in [-0.4, -0.2) is 37.2 Å². The molecule has 0 saturated heterocycles. The van der Waals surface area contributed by atoms with Crippen LogP contribution in [0, 0.1) is 0 Å². The molecule has 0 radical (unpaired) electrons. The fourth-order valence-electron chi connectivity index (χ4n) is 10.1. The molecule has 0 rings (SSSR count). The molecule has 0 aromatic heterocycles. The third-order valence-corrected chi connectivity index (χ3v) is 15.2. The minimum atomic E-state index is -0.797. The molecule has 1 unspecified atom stereocenters. The van der Waals surface area contributed by atoms with Gasteiger partial charge in [0.1, 0.15) is 13.2 Å². The van der Waals surface area contributed by atoms with Gasteiger partial charge in [-0.1, -0.05) is 338 Å². The van der Waals surface area contributed by atoms with E-state index in [4.69, 9.17) is 14.2 Å². The van der Waals surface area contributed by atoms with E-state index in [9.17, 15) is 14.4 Å². The van der Waals surface area contributed by atoms with Crippen molar-refractivity contribution >= 4 is 17.9 Å². The Morgan fingerprint density at radius 1 is 0.266 bits per heavy atom. The predicted octanol–water partition coefficient (Wildman–Crippen LogP) is 23.7. The third-order valence-electron chi connectivity index (χ3n) is 15.2. The molecule has 6 heteroatoms. The molecule has 0 spiro atoms. The smallest absolute Gasteiger partial charge is 0.306 e. The average Bonchev–Trinajstić information content (AvgIpc) is 3.45. The van der Waals surface area contributed by atoms with Gasteiger partial charge in [0.05, 0.1) is 0 Å². The van der Waals surface area contributed by atoms with Gasteiger partial charge in [0.2, 0.25) is 0 Å². The molecule has 1 atom stereocenters. The van der Waals surface area contributed by atoms with Crippen molar-refractivity contribution in [3.8, 4) is 0 Å². The lowest BCUT2D eigenvalue weighted by atomic mass is 10.0. The van der Waals surface area contributed by atoms with Crippen LogP contribution >= 0.6 is 0 Å². The standard InChI is InChI=1S/C73H130O6/c1-4-7-10-13-16-19-22-24-26-28-30-32-33-34-35-36-37-38-39-41-42-44-46-48-51-54-57-60-63-66-72(75)78-69-70(68-77-71(74)65-62-59-56-53-50-21-18-15-12-9-6-3)79-73(76)67-64-61-58-55-52-49-47-45-43-40-31-29-27-25-23-20-17-14-11-8-5-2/h8,11,17,20,25,27,31,40,45,47,52,55,70H,4-7,9-10,12-16,18-19,21-24,26,28-30,32-39,41-44,46,48-51,53-54,56-69H2,1-3H3/b11-8-,20-17-,27-25-,40-31-,47-45-,55-52-. The molecule has 0 heterocycles. The van der Waals surface area contributed by atoms with Gasteiger partial charge < -0.3 is 14.2 Å². The molecule has 0 amide bonds. The summed E-state index contributed by atoms with van der Waals surface area (Å²) in [6, 6.07) is 0. The summed E-state index contributed by atoms with van der Waals surface area (Å²) in [6.45, 7) is 6.53. The SMILES string of the molecule is CC/C=C\C/C=C\C/C=C\C/C=C\C/C=C\C/C=C\CCCCC(=O)OC(COC(=O)CCCCCCCCCCCCC)COC(=O)CCCCCCCCCCCCCCCCCCCCCCCCCCCCCCC. The van der Waals surface area contributed by atoms with Gasteiger partial charge >= 0.3 is 17.9 Å². The van der Waals surface area contributed by atoms with Crippen LogP contribution in [0.1, 0.15) is 355 Å². The molecule has 0 saturated carbocycles. The van der Waals surface area contributed by atoms with Crippen molar-refractivity contribution in [2.24, 2.45) is 0 Å². The van der Waals surface area contributed by atoms with E-state index < -0.39 is 6.10 Å². The van der Waals surface area contributed by atoms with Crippen LogP contribution in [0.2, 0.25) is 0 Å². The summed E-state index contributed by atoms with van der Waals surface area (Å²) < 4.78 is 16.9. The number of unbranched alkanes of at least 4 members (excludes halogenated alkanes) is 40. The maximum Gasteiger partial charge on any atom is 0.306 e. The Morgan fingerprint density at radius 2 is 0.494 bits per heavy atom. The van der Waals surface area contributed by atoms with Gasteiger partial charge in [-0.3, -0.25) is 14.4 Å². The normalized spacial score (nSPS) is 12.5. The summed E-state index contributed by atoms with van der Waals surface area (Å²) >= 11 is 0. The first kappa shape index (κ1) is 75.8. The number of allylic oxidation sites excluding steroid dienone is 12. The molecule has 0 aliphatic heterocycles. The van der Waals surface area contributed by atoms with Crippen LogP contribution in [0.5, 0.6) is 0 Å². The van der Waals surface area contributed by atoms with E-state index in [2.05, 4.69) is 93.7 Å². The predicted molar refractivity (Wildman–Crippen MR) is 344 cm³/mol. The second kappa shape index (κ2) is 67.4. The molecule has 6 nitrogen and oxygen atoms in total. The van der Waals surface area contributed by atoms with Crippen molar-refractivity contribution in [3.05, 3.63) is 72.9 Å². The first-order chi connectivity index (χ1) is 39.0. The summed E-state index contributed by atoms with van der Waals surface area (Å²) in [4.78, 5) is 38.3. The maximum atomic E-state index is 12.9. The first-order valence-electron chi connectivity index (χ1n) is 34.4. The topological polar surface area (TPSA) is 78.9 Å². The van der Waals surface area contributed by atoms with Gasteiger partial charge in [0.15, 0.2) is 6.10 Å². The molecule has 0 aromatic rings. The highest BCUT2D eigenvalue weighted by molar-refractivity contribution is 5.71. The number of carbonyl (C=O) groups is 3. The number of rotatable bonds is 63. The Balaban J connectivity index is 4.22. The van der Waals surface area contributed by atoms with E-state index >= 15 is 0 Å². The molecule has 0 bridgehead atoms. The Morgan fingerprint density at radius 3 is 0.772 bits per heavy atom. The minimum Gasteiger partial charge on any atom is -0.462 e. The van der Waals surface area contributed by atoms with Crippen molar-refractivity contribution < 1.29 is 28.6 Å². The van der Waals surface area contributed by atoms with Crippen LogP contribution in [0.3, 0.4) is 0 Å². The van der Waals surface area contributed by atoms with Crippen LogP contribution in [0.15, 0.2) is 72.9 Å². The molecular formula is C73H130O6. The van der Waals surface area contributed by atoms with E-state index in [-0.39, 0.29) is 37.5 Å². The van der Waals surface area contributed by atoms with Crippen molar-refractivity contribution in [1.82, 2.24) is 0 Å². The van der Waals surface area contributed by atoms with Gasteiger partial charge in [0, 0.05) is 19.3 Å². The van der Waals surface area contributed by atoms with E-state index in [1.165, 1.54) is 218 Å². The quantitative estimate of drug-likeness (QED) is 0.0261. The second-order valence-corrected chi connectivity index (χ2v) is 23.1. The van der Waals surface area contributed by atoms with Crippen molar-refractivity contribution in [2.75, 3.05) is 13.2 Å². The fourth-order valence-corrected chi connectivity index (χ4v) is 10.1. The molecule has 79 heavy (non-hydrogen) atoms. The molecule has 458 valence electrons. The van der Waals surface area contributed by atoms with Crippen molar-refractivity contribution in [1.29, 1.82) is 0 Å². The zero-order valence-corrected chi connectivity index (χ0v) is 52.6. The van der Waals surface area contributed by atoms with Crippen molar-refractivity contribution in [3.63, 3.8) is 0 Å². The molecule has 0 aromatic carbocycles. The number of carbonyl (C=O) groups excluding carboxylic acids is 3. The van der Waals surface area contributed by atoms with Crippen LogP contribution in [0.4, 0.5) is 0 Å². The van der Waals surface area contributed by atoms with Gasteiger partial charge in [0.25, 0.3) is 0 Å². The molecule has 0 N–H and O–H groups in total. The van der Waals surface area contributed by atoms with E-state index in [1.54, 1.807) is 0 Å². The fraction of sp³-hybridized carbons (Fsp3) is 0.795. The Bertz CT molecular complexity index is 1450. The summed E-state index contributed by atoms with van der Waals surface area (Å²) in [5.74, 6) is -0.915. The maximum absolute atomic E-state index is 12.9. The summed E-state index contributed by atoms with van der Waals surface area (Å²) in [7, 11) is 0. The third kappa shape index (κ3) is 65.5. The number of esters is 3. The molecule has 0 aliphatic carbocycles. The van der Waals surface area contributed by atoms with Gasteiger partial charge in [-0.2, -0.15) is 0 Å². The van der Waals surface area contributed by atoms with Gasteiger partial charge in [-0.05, 0) is 70.6 Å². The first-order valence-corrected chi connectivity index (χ1v) is 34.4. The van der Waals surface area contributed by atoms with Crippen molar-refractivity contribution in [2.45, 2.75) is 361 Å². The van der Waals surface area contributed by atoms with Gasteiger partial charge in [-0.25, -0.2) is 0 Å². The van der Waals surface area contributed by atoms with Crippen LogP contribution in [-0.2, 0) is 28.6 Å². The molecule has 0 aliphatic rings. The zero-order valence-electron chi connectivity index (χ0n) is 52.6. The Hall–Kier alpha value is -3.15. The lowest BCUT2D eigenvalue weighted by molar-refractivity contribution is -0.167. The summed E-state index contributed by atoms with van der Waals surface area (Å²) in [5, 5.41) is 0. The Labute approximate surface area is 491 Å². The largest absolute Gasteiger partial charge is 0.462 e. The van der Waals surface area contributed by atoms with Crippen LogP contribution in [0.25, 0.3) is 0 Å². The molecule has 0 fully saturated rings. The average molecular weight is 1100 g/mol. The Kier molecular flexibility index (Phi) is 64.7. The van der Waals surface area contributed by atoms with E-state index in [0.29, 0.717) is 19.3 Å². The monoisotopic (exact) mass is 1100 g/mol. The van der Waals surface area contributed by atoms with E-state index in [0.717, 1.165) is 89.9 Å². The highest BCUT2D eigenvalue weighted by atomic mass is 16.6. The zero-order chi connectivity index (χ0) is 57.1. The molecular weight excluding hydrogens is 973 g/mol. The van der Waals surface area contributed by atoms with E-state index in [1.807, 2.05) is 0 Å². The highest BCUT2D eigenvalue weighted by Crippen LogP contribution is 2.18. The lowest BCUT2D eigenvalue weighted by Gasteiger charge is -2.18.